The Balaban J connectivity index is 2.00. The minimum Gasteiger partial charge on any atom is -0.434 e. The molecule has 0 saturated heterocycles. The number of halogens is 2. The summed E-state index contributed by atoms with van der Waals surface area (Å²) in [6.45, 7) is 7.89. The first-order valence-electron chi connectivity index (χ1n) is 8.27. The van der Waals surface area contributed by atoms with Crippen molar-refractivity contribution in [1.82, 2.24) is 20.2 Å². The molecule has 3 rings (SSSR count). The van der Waals surface area contributed by atoms with E-state index < -0.39 is 16.9 Å². The maximum atomic E-state index is 12.0. The maximum absolute atomic E-state index is 12.0. The van der Waals surface area contributed by atoms with E-state index >= 15 is 0 Å². The fraction of sp³-hybridized carbons (Fsp3) is 0.167. The predicted molar refractivity (Wildman–Crippen MR) is 108 cm³/mol. The maximum Gasteiger partial charge on any atom is 0.349 e. The zero-order valence-corrected chi connectivity index (χ0v) is 16.8. The van der Waals surface area contributed by atoms with E-state index in [2.05, 4.69) is 22.2 Å². The van der Waals surface area contributed by atoms with Crippen molar-refractivity contribution < 1.29 is 4.74 Å². The minimum absolute atomic E-state index is 0.0671. The highest BCUT2D eigenvalue weighted by molar-refractivity contribution is 6.37. The Labute approximate surface area is 174 Å². The molecule has 11 heteroatoms. The van der Waals surface area contributed by atoms with Crippen LogP contribution in [0.3, 0.4) is 0 Å². The lowest BCUT2D eigenvalue weighted by atomic mass is 10.00. The van der Waals surface area contributed by atoms with Crippen LogP contribution in [0.1, 0.15) is 19.5 Å². The summed E-state index contributed by atoms with van der Waals surface area (Å²) >= 11 is 12.6. The van der Waals surface area contributed by atoms with E-state index in [1.807, 2.05) is 18.8 Å². The molecule has 1 aliphatic heterocycles. The smallest absolute Gasteiger partial charge is 0.349 e. The Kier molecular flexibility index (Phi) is 5.59. The third-order valence-corrected chi connectivity index (χ3v) is 4.48. The lowest BCUT2D eigenvalue weighted by Gasteiger charge is -2.20. The number of rotatable bonds is 3. The molecule has 0 fully saturated rings. The van der Waals surface area contributed by atoms with Crippen molar-refractivity contribution in [2.45, 2.75) is 13.8 Å². The Morgan fingerprint density at radius 1 is 1.28 bits per heavy atom. The average Bonchev–Trinajstić information content (AvgIpc) is 2.65. The molecule has 29 heavy (non-hydrogen) atoms. The first-order valence-corrected chi connectivity index (χ1v) is 9.02. The van der Waals surface area contributed by atoms with Gasteiger partial charge in [-0.05, 0) is 23.6 Å². The third kappa shape index (κ3) is 4.08. The SMILES string of the molecule is C=C1NN=C(Oc2c(Cl)cc(-n3nc(C#N)c(=O)[nH]c3=O)cc2Cl)C=C1C(C)C. The Morgan fingerprint density at radius 2 is 1.93 bits per heavy atom. The molecule has 1 aromatic heterocycles. The fourth-order valence-electron chi connectivity index (χ4n) is 2.53. The van der Waals surface area contributed by atoms with Gasteiger partial charge in [-0.25, -0.2) is 4.79 Å². The number of hydrogen-bond donors (Lipinski definition) is 2. The molecule has 2 N–H and O–H groups in total. The van der Waals surface area contributed by atoms with Crippen LogP contribution in [-0.2, 0) is 0 Å². The molecular formula is C18H14Cl2N6O3. The van der Waals surface area contributed by atoms with E-state index in [0.717, 1.165) is 10.3 Å². The number of aromatic nitrogens is 3. The van der Waals surface area contributed by atoms with Gasteiger partial charge >= 0.3 is 5.69 Å². The molecule has 1 aromatic carbocycles. The first-order chi connectivity index (χ1) is 13.7. The van der Waals surface area contributed by atoms with Gasteiger partial charge in [-0.2, -0.15) is 9.94 Å². The lowest BCUT2D eigenvalue weighted by molar-refractivity contribution is 0.540. The molecule has 0 amide bonds. The van der Waals surface area contributed by atoms with Crippen LogP contribution in [0.4, 0.5) is 0 Å². The Hall–Kier alpha value is -3.35. The second-order valence-electron chi connectivity index (χ2n) is 6.27. The third-order valence-electron chi connectivity index (χ3n) is 3.92. The summed E-state index contributed by atoms with van der Waals surface area (Å²) in [6, 6.07) is 4.32. The summed E-state index contributed by atoms with van der Waals surface area (Å²) < 4.78 is 6.53. The number of H-pyrrole nitrogens is 1. The molecule has 0 spiro atoms. The van der Waals surface area contributed by atoms with Gasteiger partial charge in [0.1, 0.15) is 6.07 Å². The zero-order chi connectivity index (χ0) is 21.3. The number of nitrogens with one attached hydrogen (secondary N) is 2. The molecule has 0 aliphatic carbocycles. The van der Waals surface area contributed by atoms with Gasteiger partial charge in [0.2, 0.25) is 11.6 Å². The molecule has 2 heterocycles. The molecule has 1 aliphatic rings. The Bertz CT molecular complexity index is 1210. The number of nitrogens with zero attached hydrogens (tertiary/aromatic N) is 4. The van der Waals surface area contributed by atoms with Gasteiger partial charge in [0.25, 0.3) is 5.56 Å². The molecule has 9 nitrogen and oxygen atoms in total. The van der Waals surface area contributed by atoms with Crippen LogP contribution in [0.15, 0.2) is 50.7 Å². The highest BCUT2D eigenvalue weighted by Gasteiger charge is 2.19. The zero-order valence-electron chi connectivity index (χ0n) is 15.3. The van der Waals surface area contributed by atoms with E-state index in [9.17, 15) is 9.59 Å². The first kappa shape index (κ1) is 20.4. The van der Waals surface area contributed by atoms with Crippen LogP contribution < -0.4 is 21.4 Å². The number of hydrazone groups is 1. The summed E-state index contributed by atoms with van der Waals surface area (Å²) in [5.41, 5.74) is 2.28. The van der Waals surface area contributed by atoms with Crippen LogP contribution in [0.2, 0.25) is 10.0 Å². The molecule has 0 saturated carbocycles. The molecule has 148 valence electrons. The van der Waals surface area contributed by atoms with Gasteiger partial charge in [-0.15, -0.1) is 10.2 Å². The van der Waals surface area contributed by atoms with E-state index in [1.165, 1.54) is 12.1 Å². The van der Waals surface area contributed by atoms with Crippen molar-refractivity contribution >= 4 is 29.1 Å². The van der Waals surface area contributed by atoms with Gasteiger partial charge in [-0.1, -0.05) is 43.6 Å². The largest absolute Gasteiger partial charge is 0.434 e. The molecule has 0 unspecified atom stereocenters. The van der Waals surface area contributed by atoms with Gasteiger partial charge < -0.3 is 4.74 Å². The molecule has 0 atom stereocenters. The van der Waals surface area contributed by atoms with Crippen LogP contribution >= 0.6 is 23.2 Å². The number of ether oxygens (including phenoxy) is 1. The number of nitriles is 1. The van der Waals surface area contributed by atoms with Crippen LogP contribution in [0, 0.1) is 17.2 Å². The fourth-order valence-corrected chi connectivity index (χ4v) is 3.08. The second kappa shape index (κ2) is 7.95. The van der Waals surface area contributed by atoms with Crippen molar-refractivity contribution in [3.8, 4) is 17.5 Å². The van der Waals surface area contributed by atoms with Gasteiger partial charge in [0, 0.05) is 6.08 Å². The highest BCUT2D eigenvalue weighted by Crippen LogP contribution is 2.35. The van der Waals surface area contributed by atoms with Crippen LogP contribution in [-0.4, -0.2) is 20.7 Å². The van der Waals surface area contributed by atoms with Crippen LogP contribution in [0.25, 0.3) is 5.69 Å². The lowest BCUT2D eigenvalue weighted by Crippen LogP contribution is -2.33. The summed E-state index contributed by atoms with van der Waals surface area (Å²) in [5.74, 6) is 0.524. The average molecular weight is 433 g/mol. The number of benzene rings is 1. The van der Waals surface area contributed by atoms with E-state index in [-0.39, 0.29) is 33.3 Å². The number of hydrogen-bond acceptors (Lipinski definition) is 7. The normalized spacial score (nSPS) is 13.4. The molecule has 2 aromatic rings. The standard InChI is InChI=1S/C18H14Cl2N6O3/c1-8(2)11-6-15(24-23-9(11)3)29-16-12(19)4-10(5-13(16)20)26-18(28)22-17(27)14(7-21)25-26/h4-6,8,23H,3H2,1-2H3,(H,22,27,28). The van der Waals surface area contributed by atoms with Crippen molar-refractivity contribution in [3.05, 3.63) is 72.6 Å². The van der Waals surface area contributed by atoms with Crippen LogP contribution in [0.5, 0.6) is 5.75 Å². The van der Waals surface area contributed by atoms with Crippen molar-refractivity contribution in [2.24, 2.45) is 11.0 Å². The minimum atomic E-state index is -0.886. The van der Waals surface area contributed by atoms with Gasteiger partial charge in [0.05, 0.1) is 21.4 Å². The highest BCUT2D eigenvalue weighted by atomic mass is 35.5. The summed E-state index contributed by atoms with van der Waals surface area (Å²) in [5, 5.41) is 16.8. The summed E-state index contributed by atoms with van der Waals surface area (Å²) in [4.78, 5) is 25.5. The second-order valence-corrected chi connectivity index (χ2v) is 7.08. The summed E-state index contributed by atoms with van der Waals surface area (Å²) in [6.07, 6.45) is 1.72. The number of aromatic amines is 1. The molecule has 0 radical (unpaired) electrons. The van der Waals surface area contributed by atoms with E-state index in [1.54, 1.807) is 12.1 Å². The number of allylic oxidation sites excluding steroid dienone is 1. The summed E-state index contributed by atoms with van der Waals surface area (Å²) in [7, 11) is 0. The van der Waals surface area contributed by atoms with E-state index in [0.29, 0.717) is 5.70 Å². The quantitative estimate of drug-likeness (QED) is 0.766. The van der Waals surface area contributed by atoms with Gasteiger partial charge in [-0.3, -0.25) is 15.2 Å². The Morgan fingerprint density at radius 3 is 2.52 bits per heavy atom. The van der Waals surface area contributed by atoms with Crippen molar-refractivity contribution in [1.29, 1.82) is 5.26 Å². The topological polar surface area (TPSA) is 125 Å². The van der Waals surface area contributed by atoms with E-state index in [4.69, 9.17) is 33.2 Å². The van der Waals surface area contributed by atoms with Gasteiger partial charge in [0.15, 0.2) is 5.75 Å². The van der Waals surface area contributed by atoms with Crippen molar-refractivity contribution in [3.63, 3.8) is 0 Å². The predicted octanol–water partition coefficient (Wildman–Crippen LogP) is 2.49. The van der Waals surface area contributed by atoms with Crippen molar-refractivity contribution in [2.75, 3.05) is 0 Å². The molecule has 0 bridgehead atoms. The molecular weight excluding hydrogens is 419 g/mol. The monoisotopic (exact) mass is 432 g/mol.